The van der Waals surface area contributed by atoms with Gasteiger partial charge in [-0.05, 0) is 18.8 Å². The molecule has 3 atom stereocenters. The van der Waals surface area contributed by atoms with Crippen molar-refractivity contribution in [3.63, 3.8) is 0 Å². The number of hydrogen-bond donors (Lipinski definition) is 3. The van der Waals surface area contributed by atoms with Crippen LogP contribution in [0.15, 0.2) is 0 Å². The molecule has 0 radical (unpaired) electrons. The largest absolute Gasteiger partial charge is 0.480 e. The quantitative estimate of drug-likeness (QED) is 0.656. The fraction of sp³-hybridized carbons (Fsp3) is 0.833. The molecule has 0 aromatic carbocycles. The predicted octanol–water partition coefficient (Wildman–Crippen LogP) is 0.362. The topological polar surface area (TPSA) is 113 Å². The third-order valence-corrected chi connectivity index (χ3v) is 5.99. The first-order valence-electron chi connectivity index (χ1n) is 6.76. The Morgan fingerprint density at radius 1 is 1.40 bits per heavy atom. The van der Waals surface area contributed by atoms with Crippen molar-refractivity contribution in [1.82, 2.24) is 10.6 Å². The smallest absolute Gasteiger partial charge is 0.326 e. The van der Waals surface area contributed by atoms with Crippen LogP contribution in [0.4, 0.5) is 4.79 Å². The second-order valence-electron chi connectivity index (χ2n) is 5.19. The van der Waals surface area contributed by atoms with Crippen molar-refractivity contribution in [2.45, 2.75) is 44.4 Å². The molecule has 1 aliphatic heterocycles. The van der Waals surface area contributed by atoms with Crippen LogP contribution in [0.25, 0.3) is 0 Å². The van der Waals surface area contributed by atoms with Crippen molar-refractivity contribution in [2.24, 2.45) is 5.92 Å². The van der Waals surface area contributed by atoms with Crippen LogP contribution in [-0.2, 0) is 14.6 Å². The van der Waals surface area contributed by atoms with E-state index in [2.05, 4.69) is 10.6 Å². The van der Waals surface area contributed by atoms with Gasteiger partial charge in [0.2, 0.25) is 0 Å². The summed E-state index contributed by atoms with van der Waals surface area (Å²) in [5.41, 5.74) is 0. The lowest BCUT2D eigenvalue weighted by molar-refractivity contribution is -0.140. The number of amides is 2. The summed E-state index contributed by atoms with van der Waals surface area (Å²) < 4.78 is 23.2. The van der Waals surface area contributed by atoms with E-state index in [1.165, 1.54) is 0 Å². The summed E-state index contributed by atoms with van der Waals surface area (Å²) in [5.74, 6) is -1.14. The summed E-state index contributed by atoms with van der Waals surface area (Å²) in [6.07, 6.45) is 1.77. The highest BCUT2D eigenvalue weighted by Crippen LogP contribution is 2.19. The highest BCUT2D eigenvalue weighted by molar-refractivity contribution is 7.92. The lowest BCUT2D eigenvalue weighted by Gasteiger charge is -2.21. The monoisotopic (exact) mass is 306 g/mol. The molecular formula is C12H22N2O5S. The van der Waals surface area contributed by atoms with Crippen LogP contribution in [0.3, 0.4) is 0 Å². The van der Waals surface area contributed by atoms with Gasteiger partial charge in [0.05, 0.1) is 11.0 Å². The van der Waals surface area contributed by atoms with E-state index in [-0.39, 0.29) is 18.2 Å². The molecule has 7 nitrogen and oxygen atoms in total. The Balaban J connectivity index is 2.48. The molecule has 1 fully saturated rings. The second kappa shape index (κ2) is 6.92. The van der Waals surface area contributed by atoms with Gasteiger partial charge in [-0.3, -0.25) is 0 Å². The molecule has 0 spiro atoms. The van der Waals surface area contributed by atoms with E-state index in [0.717, 1.165) is 0 Å². The van der Waals surface area contributed by atoms with Crippen molar-refractivity contribution in [2.75, 3.05) is 12.3 Å². The molecule has 1 rings (SSSR count). The first-order chi connectivity index (χ1) is 9.27. The van der Waals surface area contributed by atoms with E-state index in [9.17, 15) is 18.0 Å². The zero-order valence-corrected chi connectivity index (χ0v) is 12.6. The number of carboxylic acids is 1. The molecule has 8 heteroatoms. The minimum absolute atomic E-state index is 0.0288. The van der Waals surface area contributed by atoms with Gasteiger partial charge in [0.15, 0.2) is 9.84 Å². The third kappa shape index (κ3) is 4.36. The van der Waals surface area contributed by atoms with Crippen molar-refractivity contribution in [3.8, 4) is 0 Å². The fourth-order valence-corrected chi connectivity index (χ4v) is 3.93. The molecule has 2 unspecified atom stereocenters. The Hall–Kier alpha value is -1.31. The summed E-state index contributed by atoms with van der Waals surface area (Å²) in [6.45, 7) is 3.60. The lowest BCUT2D eigenvalue weighted by Crippen LogP contribution is -2.50. The zero-order valence-electron chi connectivity index (χ0n) is 11.8. The standard InChI is InChI=1S/C12H22N2O5S/c1-3-8(2)10(11(15)16)14-12(17)13-7-9-5-4-6-20(9,18)19/h8-10H,3-7H2,1-2H3,(H,15,16)(H2,13,14,17)/t8?,9?,10-/m0/s1. The summed E-state index contributed by atoms with van der Waals surface area (Å²) in [6, 6.07) is -1.61. The Kier molecular flexibility index (Phi) is 5.79. The Morgan fingerprint density at radius 3 is 2.50 bits per heavy atom. The first-order valence-corrected chi connectivity index (χ1v) is 8.48. The SMILES string of the molecule is CCC(C)[C@H](NC(=O)NCC1CCCS1(=O)=O)C(=O)O. The number of carbonyl (C=O) groups is 2. The average molecular weight is 306 g/mol. The van der Waals surface area contributed by atoms with Gasteiger partial charge in [-0.1, -0.05) is 20.3 Å². The number of nitrogens with one attached hydrogen (secondary N) is 2. The van der Waals surface area contributed by atoms with Crippen molar-refractivity contribution >= 4 is 21.8 Å². The van der Waals surface area contributed by atoms with Gasteiger partial charge in [0.25, 0.3) is 0 Å². The maximum absolute atomic E-state index is 11.7. The summed E-state index contributed by atoms with van der Waals surface area (Å²) >= 11 is 0. The van der Waals surface area contributed by atoms with Gasteiger partial charge in [0.1, 0.15) is 6.04 Å². The molecular weight excluding hydrogens is 284 g/mol. The number of hydrogen-bond acceptors (Lipinski definition) is 4. The van der Waals surface area contributed by atoms with Gasteiger partial charge < -0.3 is 15.7 Å². The van der Waals surface area contributed by atoms with Crippen LogP contribution in [0.2, 0.25) is 0 Å². The van der Waals surface area contributed by atoms with Crippen molar-refractivity contribution in [3.05, 3.63) is 0 Å². The number of aliphatic carboxylic acids is 1. The molecule has 0 aromatic heterocycles. The van der Waals surface area contributed by atoms with Crippen LogP contribution in [0.5, 0.6) is 0 Å². The van der Waals surface area contributed by atoms with Gasteiger partial charge in [-0.25, -0.2) is 18.0 Å². The van der Waals surface area contributed by atoms with Crippen LogP contribution in [0, 0.1) is 5.92 Å². The van der Waals surface area contributed by atoms with Crippen LogP contribution >= 0.6 is 0 Å². The average Bonchev–Trinajstić information content (AvgIpc) is 2.71. The number of carbonyl (C=O) groups excluding carboxylic acids is 1. The molecule has 3 N–H and O–H groups in total. The molecule has 116 valence electrons. The highest BCUT2D eigenvalue weighted by Gasteiger charge is 2.32. The minimum Gasteiger partial charge on any atom is -0.480 e. The lowest BCUT2D eigenvalue weighted by atomic mass is 9.99. The summed E-state index contributed by atoms with van der Waals surface area (Å²) in [4.78, 5) is 22.7. The summed E-state index contributed by atoms with van der Waals surface area (Å²) in [5, 5.41) is 13.3. The maximum atomic E-state index is 11.7. The zero-order chi connectivity index (χ0) is 15.3. The number of carboxylic acid groups (broad SMARTS) is 1. The molecule has 0 saturated carbocycles. The number of urea groups is 1. The van der Waals surface area contributed by atoms with Gasteiger partial charge >= 0.3 is 12.0 Å². The molecule has 1 heterocycles. The fourth-order valence-electron chi connectivity index (χ4n) is 2.17. The predicted molar refractivity (Wildman–Crippen MR) is 74.2 cm³/mol. The summed E-state index contributed by atoms with van der Waals surface area (Å²) in [7, 11) is -3.11. The van der Waals surface area contributed by atoms with Crippen molar-refractivity contribution in [1.29, 1.82) is 0 Å². The normalized spacial score (nSPS) is 23.8. The Labute approximate surface area is 119 Å². The molecule has 20 heavy (non-hydrogen) atoms. The molecule has 0 aromatic rings. The molecule has 0 bridgehead atoms. The minimum atomic E-state index is -3.11. The molecule has 1 aliphatic rings. The second-order valence-corrected chi connectivity index (χ2v) is 7.59. The van der Waals surface area contributed by atoms with E-state index in [1.54, 1.807) is 6.92 Å². The maximum Gasteiger partial charge on any atom is 0.326 e. The van der Waals surface area contributed by atoms with E-state index >= 15 is 0 Å². The van der Waals surface area contributed by atoms with Crippen LogP contribution in [-0.4, -0.2) is 49.1 Å². The van der Waals surface area contributed by atoms with Crippen LogP contribution < -0.4 is 10.6 Å². The molecule has 0 aliphatic carbocycles. The molecule has 2 amide bonds. The Bertz CT molecular complexity index is 462. The highest BCUT2D eigenvalue weighted by atomic mass is 32.2. The van der Waals surface area contributed by atoms with Gasteiger partial charge in [0, 0.05) is 6.54 Å². The van der Waals surface area contributed by atoms with E-state index in [1.807, 2.05) is 6.92 Å². The molecule has 1 saturated heterocycles. The van der Waals surface area contributed by atoms with E-state index in [4.69, 9.17) is 5.11 Å². The van der Waals surface area contributed by atoms with E-state index < -0.39 is 33.1 Å². The Morgan fingerprint density at radius 2 is 2.05 bits per heavy atom. The third-order valence-electron chi connectivity index (χ3n) is 3.72. The van der Waals surface area contributed by atoms with Crippen LogP contribution in [0.1, 0.15) is 33.1 Å². The van der Waals surface area contributed by atoms with E-state index in [0.29, 0.717) is 19.3 Å². The number of rotatable bonds is 6. The van der Waals surface area contributed by atoms with Gasteiger partial charge in [-0.15, -0.1) is 0 Å². The first kappa shape index (κ1) is 16.7. The number of sulfone groups is 1. The van der Waals surface area contributed by atoms with Crippen molar-refractivity contribution < 1.29 is 23.1 Å². The van der Waals surface area contributed by atoms with Gasteiger partial charge in [-0.2, -0.15) is 0 Å².